The van der Waals surface area contributed by atoms with E-state index in [9.17, 15) is 4.79 Å². The normalized spacial score (nSPS) is 9.76. The topological polar surface area (TPSA) is 75.1 Å². The third-order valence-electron chi connectivity index (χ3n) is 2.59. The fraction of sp³-hybridized carbons (Fsp3) is 0.267. The zero-order valence-electron chi connectivity index (χ0n) is 11.4. The lowest BCUT2D eigenvalue weighted by Crippen LogP contribution is -2.27. The Balaban J connectivity index is 1.97. The Labute approximate surface area is 127 Å². The Morgan fingerprint density at radius 3 is 3.05 bits per heavy atom. The van der Waals surface area contributed by atoms with Crippen molar-refractivity contribution in [1.82, 2.24) is 15.3 Å². The third-order valence-corrected chi connectivity index (χ3v) is 3.43. The van der Waals surface area contributed by atoms with E-state index < -0.39 is 0 Å². The van der Waals surface area contributed by atoms with Crippen LogP contribution in [0.2, 0.25) is 0 Å². The van der Waals surface area contributed by atoms with Crippen molar-refractivity contribution in [2.75, 3.05) is 13.2 Å². The highest BCUT2D eigenvalue weighted by Crippen LogP contribution is 2.05. The number of rotatable bonds is 5. The number of aliphatic hydroxyl groups excluding tert-OH is 1. The van der Waals surface area contributed by atoms with Gasteiger partial charge >= 0.3 is 0 Å². The maximum absolute atomic E-state index is 12.1. The summed E-state index contributed by atoms with van der Waals surface area (Å²) in [6.45, 7) is 0.509. The average Bonchev–Trinajstić information content (AvgIpc) is 3.01. The molecule has 0 atom stereocenters. The van der Waals surface area contributed by atoms with E-state index >= 15 is 0 Å². The van der Waals surface area contributed by atoms with Crippen molar-refractivity contribution in [3.8, 4) is 11.8 Å². The molecule has 0 aliphatic rings. The lowest BCUT2D eigenvalue weighted by molar-refractivity contribution is 0.0949. The summed E-state index contributed by atoms with van der Waals surface area (Å²) in [5.41, 5.74) is 0.875. The van der Waals surface area contributed by atoms with Crippen molar-refractivity contribution in [2.24, 2.45) is 0 Å². The molecular weight excluding hydrogens is 286 g/mol. The number of amides is 1. The van der Waals surface area contributed by atoms with Gasteiger partial charge in [-0.2, -0.15) is 0 Å². The average molecular weight is 301 g/mol. The number of hydrogen-bond donors (Lipinski definition) is 2. The second-order valence-electron chi connectivity index (χ2n) is 4.11. The predicted octanol–water partition coefficient (Wildman–Crippen LogP) is 1.24. The summed E-state index contributed by atoms with van der Waals surface area (Å²) in [6.07, 6.45) is 4.38. The van der Waals surface area contributed by atoms with Gasteiger partial charge in [-0.25, -0.2) is 9.97 Å². The van der Waals surface area contributed by atoms with E-state index in [0.29, 0.717) is 30.6 Å². The van der Waals surface area contributed by atoms with Crippen LogP contribution in [0, 0.1) is 11.8 Å². The number of hydrogen-bond acceptors (Lipinski definition) is 5. The van der Waals surface area contributed by atoms with Gasteiger partial charge < -0.3 is 10.4 Å². The Bertz CT molecular complexity index is 644. The van der Waals surface area contributed by atoms with Crippen LogP contribution in [-0.2, 0) is 6.42 Å². The number of nitrogens with zero attached hydrogens (tertiary/aromatic N) is 2. The summed E-state index contributed by atoms with van der Waals surface area (Å²) in [4.78, 5) is 20.4. The van der Waals surface area contributed by atoms with E-state index in [4.69, 9.17) is 5.11 Å². The van der Waals surface area contributed by atoms with Crippen LogP contribution in [0.15, 0.2) is 29.9 Å². The number of carbonyl (C=O) groups excluding carboxylic acids is 1. The molecule has 2 rings (SSSR count). The molecule has 5 nitrogen and oxygen atoms in total. The van der Waals surface area contributed by atoms with Crippen molar-refractivity contribution >= 4 is 17.2 Å². The van der Waals surface area contributed by atoms with Crippen LogP contribution in [0.5, 0.6) is 0 Å². The number of carbonyl (C=O) groups is 1. The molecule has 0 fully saturated rings. The van der Waals surface area contributed by atoms with Crippen molar-refractivity contribution < 1.29 is 9.90 Å². The zero-order chi connectivity index (χ0) is 14.9. The third kappa shape index (κ3) is 4.67. The van der Waals surface area contributed by atoms with Gasteiger partial charge in [-0.05, 0) is 12.1 Å². The lowest BCUT2D eigenvalue weighted by Gasteiger charge is -2.05. The molecule has 0 aromatic carbocycles. The Morgan fingerprint density at radius 2 is 2.29 bits per heavy atom. The van der Waals surface area contributed by atoms with Crippen molar-refractivity contribution in [1.29, 1.82) is 0 Å². The minimum absolute atomic E-state index is 0.00258. The number of aliphatic hydroxyl groups is 1. The molecule has 0 spiro atoms. The number of nitrogens with one attached hydrogen (secondary N) is 1. The van der Waals surface area contributed by atoms with Crippen LogP contribution in [0.25, 0.3) is 0 Å². The molecule has 0 saturated heterocycles. The van der Waals surface area contributed by atoms with Gasteiger partial charge in [0.1, 0.15) is 5.69 Å². The fourth-order valence-corrected chi connectivity index (χ4v) is 2.26. The number of pyridine rings is 1. The van der Waals surface area contributed by atoms with E-state index in [-0.39, 0.29) is 12.5 Å². The van der Waals surface area contributed by atoms with Gasteiger partial charge in [0.05, 0.1) is 17.2 Å². The first kappa shape index (κ1) is 15.2. The predicted molar refractivity (Wildman–Crippen MR) is 81.0 cm³/mol. The minimum atomic E-state index is -0.250. The summed E-state index contributed by atoms with van der Waals surface area (Å²) in [6, 6.07) is 3.47. The van der Waals surface area contributed by atoms with Gasteiger partial charge in [-0.3, -0.25) is 4.79 Å². The van der Waals surface area contributed by atoms with Crippen LogP contribution in [0.1, 0.15) is 27.5 Å². The Hall–Kier alpha value is -2.23. The molecule has 2 aromatic rings. The summed E-state index contributed by atoms with van der Waals surface area (Å²) in [5.74, 6) is 5.40. The van der Waals surface area contributed by atoms with Gasteiger partial charge in [-0.15, -0.1) is 11.3 Å². The molecule has 0 aliphatic heterocycles. The molecule has 0 aliphatic carbocycles. The zero-order valence-corrected chi connectivity index (χ0v) is 12.2. The quantitative estimate of drug-likeness (QED) is 0.815. The lowest BCUT2D eigenvalue weighted by atomic mass is 10.2. The maximum atomic E-state index is 12.1. The highest BCUT2D eigenvalue weighted by molar-refractivity contribution is 7.09. The van der Waals surface area contributed by atoms with Crippen LogP contribution < -0.4 is 5.32 Å². The monoisotopic (exact) mass is 301 g/mol. The first-order chi connectivity index (χ1) is 10.3. The number of thiazole rings is 1. The van der Waals surface area contributed by atoms with Crippen LogP contribution >= 0.6 is 11.3 Å². The highest BCUT2D eigenvalue weighted by Gasteiger charge is 2.10. The van der Waals surface area contributed by atoms with E-state index in [0.717, 1.165) is 5.01 Å². The summed E-state index contributed by atoms with van der Waals surface area (Å²) in [7, 11) is 0. The summed E-state index contributed by atoms with van der Waals surface area (Å²) in [5, 5.41) is 14.4. The molecule has 2 heterocycles. The smallest absolute Gasteiger partial charge is 0.271 e. The van der Waals surface area contributed by atoms with Crippen molar-refractivity contribution in [3.05, 3.63) is 46.2 Å². The second-order valence-corrected chi connectivity index (χ2v) is 5.09. The first-order valence-electron chi connectivity index (χ1n) is 6.52. The van der Waals surface area contributed by atoms with E-state index in [1.165, 1.54) is 0 Å². The molecule has 2 N–H and O–H groups in total. The molecule has 21 heavy (non-hydrogen) atoms. The van der Waals surface area contributed by atoms with Crippen molar-refractivity contribution in [2.45, 2.75) is 12.8 Å². The van der Waals surface area contributed by atoms with E-state index in [1.807, 2.05) is 5.38 Å². The van der Waals surface area contributed by atoms with Gasteiger partial charge in [-0.1, -0.05) is 11.8 Å². The van der Waals surface area contributed by atoms with Crippen LogP contribution in [0.3, 0.4) is 0 Å². The molecule has 0 saturated carbocycles. The van der Waals surface area contributed by atoms with Crippen LogP contribution in [0.4, 0.5) is 0 Å². The van der Waals surface area contributed by atoms with Crippen molar-refractivity contribution in [3.63, 3.8) is 0 Å². The Kier molecular flexibility index (Phi) is 5.88. The molecular formula is C15H15N3O2S. The summed E-state index contributed by atoms with van der Waals surface area (Å²) < 4.78 is 0. The fourth-order valence-electron chi connectivity index (χ4n) is 1.64. The molecule has 6 heteroatoms. The first-order valence-corrected chi connectivity index (χ1v) is 7.40. The van der Waals surface area contributed by atoms with Crippen LogP contribution in [-0.4, -0.2) is 34.1 Å². The molecule has 1 amide bonds. The Morgan fingerprint density at radius 1 is 1.38 bits per heavy atom. The molecule has 2 aromatic heterocycles. The minimum Gasteiger partial charge on any atom is -0.395 e. The standard InChI is InChI=1S/C15H15N3O2S/c19-10-2-1-4-12-5-3-7-17-14(12)15(20)18-8-6-13-16-9-11-21-13/h3,5,7,9,11,19H,2,6,8,10H2,(H,18,20). The summed E-state index contributed by atoms with van der Waals surface area (Å²) >= 11 is 1.56. The highest BCUT2D eigenvalue weighted by atomic mass is 32.1. The molecule has 0 unspecified atom stereocenters. The maximum Gasteiger partial charge on any atom is 0.271 e. The SMILES string of the molecule is O=C(NCCc1nccs1)c1ncccc1C#CCCO. The number of aromatic nitrogens is 2. The van der Waals surface area contributed by atoms with E-state index in [1.54, 1.807) is 35.9 Å². The molecule has 108 valence electrons. The van der Waals surface area contributed by atoms with Gasteiger partial charge in [0.2, 0.25) is 0 Å². The second kappa shape index (κ2) is 8.15. The molecule has 0 radical (unpaired) electrons. The van der Waals surface area contributed by atoms with Gasteiger partial charge in [0.25, 0.3) is 5.91 Å². The largest absolute Gasteiger partial charge is 0.395 e. The van der Waals surface area contributed by atoms with Gasteiger partial charge in [0, 0.05) is 37.2 Å². The van der Waals surface area contributed by atoms with Gasteiger partial charge in [0.15, 0.2) is 0 Å². The van der Waals surface area contributed by atoms with E-state index in [2.05, 4.69) is 27.1 Å². The molecule has 0 bridgehead atoms.